The second kappa shape index (κ2) is 6.62. The Morgan fingerprint density at radius 3 is 3.00 bits per heavy atom. The van der Waals surface area contributed by atoms with E-state index in [0.29, 0.717) is 5.82 Å². The van der Waals surface area contributed by atoms with Crippen LogP contribution in [0.25, 0.3) is 0 Å². The molecule has 0 amide bonds. The molecule has 92 valence electrons. The van der Waals surface area contributed by atoms with Gasteiger partial charge in [-0.05, 0) is 12.8 Å². The van der Waals surface area contributed by atoms with Crippen molar-refractivity contribution in [1.29, 1.82) is 0 Å². The average molecular weight is 235 g/mol. The summed E-state index contributed by atoms with van der Waals surface area (Å²) in [6, 6.07) is 0. The van der Waals surface area contributed by atoms with Gasteiger partial charge in [-0.2, -0.15) is 0 Å². The van der Waals surface area contributed by atoms with Crippen LogP contribution in [-0.2, 0) is 4.74 Å². The van der Waals surface area contributed by atoms with E-state index in [2.05, 4.69) is 21.3 Å². The molecule has 0 N–H and O–H groups in total. The molecule has 0 aliphatic carbocycles. The van der Waals surface area contributed by atoms with Gasteiger partial charge in [0.2, 0.25) is 0 Å². The van der Waals surface area contributed by atoms with Crippen molar-refractivity contribution in [3.8, 4) is 0 Å². The largest absolute Gasteiger partial charge is 0.464 e. The third-order valence-electron chi connectivity index (χ3n) is 2.31. The lowest BCUT2D eigenvalue weighted by atomic mass is 10.3. The lowest BCUT2D eigenvalue weighted by Gasteiger charge is -2.17. The first-order valence-corrected chi connectivity index (χ1v) is 5.41. The van der Waals surface area contributed by atoms with Crippen LogP contribution in [0.2, 0.25) is 0 Å². The van der Waals surface area contributed by atoms with Gasteiger partial charge in [0.1, 0.15) is 5.82 Å². The molecule has 0 aliphatic rings. The van der Waals surface area contributed by atoms with Crippen LogP contribution in [0.4, 0.5) is 5.82 Å². The molecule has 1 heterocycles. The van der Waals surface area contributed by atoms with Crippen molar-refractivity contribution in [2.24, 2.45) is 0 Å². The van der Waals surface area contributed by atoms with E-state index >= 15 is 0 Å². The summed E-state index contributed by atoms with van der Waals surface area (Å²) in [5, 5.41) is 0. The molecule has 1 rings (SSSR count). The van der Waals surface area contributed by atoms with Crippen LogP contribution >= 0.6 is 0 Å². The van der Waals surface area contributed by atoms with Crippen LogP contribution in [0.5, 0.6) is 0 Å². The maximum atomic E-state index is 11.3. The fraction of sp³-hybridized carbons (Fsp3) is 0.417. The molecule has 1 aromatic rings. The van der Waals surface area contributed by atoms with E-state index in [1.54, 1.807) is 6.20 Å². The Hall–Kier alpha value is -1.91. The average Bonchev–Trinajstić information content (AvgIpc) is 2.38. The molecule has 0 saturated carbocycles. The monoisotopic (exact) mass is 235 g/mol. The molecule has 0 aliphatic heterocycles. The van der Waals surface area contributed by atoms with Gasteiger partial charge in [0.05, 0.1) is 19.5 Å². The molecule has 5 nitrogen and oxygen atoms in total. The number of nitrogens with zero attached hydrogens (tertiary/aromatic N) is 3. The first kappa shape index (κ1) is 13.2. The SMILES string of the molecule is C=CCCCN(C)c1cncc(C(=O)OC)n1. The smallest absolute Gasteiger partial charge is 0.358 e. The molecule has 0 spiro atoms. The second-order valence-electron chi connectivity index (χ2n) is 3.61. The zero-order chi connectivity index (χ0) is 12.7. The molecule has 0 unspecified atom stereocenters. The van der Waals surface area contributed by atoms with Crippen LogP contribution in [0, 0.1) is 0 Å². The van der Waals surface area contributed by atoms with Crippen LogP contribution in [0.15, 0.2) is 25.0 Å². The summed E-state index contributed by atoms with van der Waals surface area (Å²) in [5.74, 6) is 0.191. The normalized spacial score (nSPS) is 9.76. The van der Waals surface area contributed by atoms with E-state index < -0.39 is 5.97 Å². The number of hydrogen-bond acceptors (Lipinski definition) is 5. The molecule has 0 atom stereocenters. The number of anilines is 1. The van der Waals surface area contributed by atoms with E-state index in [1.165, 1.54) is 13.3 Å². The summed E-state index contributed by atoms with van der Waals surface area (Å²) in [7, 11) is 3.23. The zero-order valence-electron chi connectivity index (χ0n) is 10.2. The number of carbonyl (C=O) groups is 1. The van der Waals surface area contributed by atoms with Crippen LogP contribution in [0.1, 0.15) is 23.3 Å². The van der Waals surface area contributed by atoms with Crippen molar-refractivity contribution in [2.45, 2.75) is 12.8 Å². The first-order valence-electron chi connectivity index (χ1n) is 5.41. The minimum absolute atomic E-state index is 0.223. The minimum atomic E-state index is -0.473. The van der Waals surface area contributed by atoms with Crippen molar-refractivity contribution < 1.29 is 9.53 Å². The highest BCUT2D eigenvalue weighted by Gasteiger charge is 2.10. The van der Waals surface area contributed by atoms with Gasteiger partial charge < -0.3 is 9.64 Å². The number of unbranched alkanes of at least 4 members (excludes halogenated alkanes) is 1. The number of hydrogen-bond donors (Lipinski definition) is 0. The first-order chi connectivity index (χ1) is 8.19. The van der Waals surface area contributed by atoms with Gasteiger partial charge >= 0.3 is 5.97 Å². The van der Waals surface area contributed by atoms with Gasteiger partial charge in [-0.15, -0.1) is 6.58 Å². The lowest BCUT2D eigenvalue weighted by Crippen LogP contribution is -2.21. The van der Waals surface area contributed by atoms with Gasteiger partial charge in [0.25, 0.3) is 0 Å². The summed E-state index contributed by atoms with van der Waals surface area (Å²) in [6.45, 7) is 4.51. The number of allylic oxidation sites excluding steroid dienone is 1. The number of carbonyl (C=O) groups excluding carboxylic acids is 1. The Balaban J connectivity index is 2.70. The Labute approximate surface area is 101 Å². The molecule has 0 fully saturated rings. The standard InChI is InChI=1S/C12H17N3O2/c1-4-5-6-7-15(2)11-9-13-8-10(14-11)12(16)17-3/h4,8-9H,1,5-7H2,2-3H3. The van der Waals surface area contributed by atoms with Gasteiger partial charge in [-0.25, -0.2) is 9.78 Å². The molecule has 1 aromatic heterocycles. The molecule has 0 radical (unpaired) electrons. The number of methoxy groups -OCH3 is 1. The summed E-state index contributed by atoms with van der Waals surface area (Å²) >= 11 is 0. The summed E-state index contributed by atoms with van der Waals surface area (Å²) in [4.78, 5) is 21.4. The van der Waals surface area contributed by atoms with Gasteiger partial charge in [0, 0.05) is 13.6 Å². The summed E-state index contributed by atoms with van der Waals surface area (Å²) in [5.41, 5.74) is 0.223. The van der Waals surface area contributed by atoms with Gasteiger partial charge in [0.15, 0.2) is 5.69 Å². The Morgan fingerprint density at radius 2 is 2.35 bits per heavy atom. The van der Waals surface area contributed by atoms with Crippen molar-refractivity contribution in [3.63, 3.8) is 0 Å². The quantitative estimate of drug-likeness (QED) is 0.426. The minimum Gasteiger partial charge on any atom is -0.464 e. The predicted octanol–water partition coefficient (Wildman–Crippen LogP) is 1.67. The fourth-order valence-corrected chi connectivity index (χ4v) is 1.33. The number of aromatic nitrogens is 2. The molecular formula is C12H17N3O2. The van der Waals surface area contributed by atoms with E-state index in [9.17, 15) is 4.79 Å². The number of esters is 1. The van der Waals surface area contributed by atoms with E-state index in [-0.39, 0.29) is 5.69 Å². The van der Waals surface area contributed by atoms with E-state index in [1.807, 2.05) is 18.0 Å². The third kappa shape index (κ3) is 3.86. The molecule has 5 heteroatoms. The fourth-order valence-electron chi connectivity index (χ4n) is 1.33. The van der Waals surface area contributed by atoms with E-state index in [0.717, 1.165) is 19.4 Å². The summed E-state index contributed by atoms with van der Waals surface area (Å²) in [6.07, 6.45) is 6.84. The molecular weight excluding hydrogens is 218 g/mol. The molecule has 0 bridgehead atoms. The van der Waals surface area contributed by atoms with Crippen LogP contribution in [0.3, 0.4) is 0 Å². The highest BCUT2D eigenvalue weighted by Crippen LogP contribution is 2.09. The number of ether oxygens (including phenoxy) is 1. The third-order valence-corrected chi connectivity index (χ3v) is 2.31. The second-order valence-corrected chi connectivity index (χ2v) is 3.61. The lowest BCUT2D eigenvalue weighted by molar-refractivity contribution is 0.0593. The maximum Gasteiger partial charge on any atom is 0.358 e. The van der Waals surface area contributed by atoms with Crippen LogP contribution in [-0.4, -0.2) is 36.6 Å². The van der Waals surface area contributed by atoms with Crippen molar-refractivity contribution >= 4 is 11.8 Å². The molecule has 0 saturated heterocycles. The number of rotatable bonds is 6. The van der Waals surface area contributed by atoms with Gasteiger partial charge in [-0.3, -0.25) is 4.98 Å². The van der Waals surface area contributed by atoms with Gasteiger partial charge in [-0.1, -0.05) is 6.08 Å². The van der Waals surface area contributed by atoms with Crippen molar-refractivity contribution in [3.05, 3.63) is 30.7 Å². The zero-order valence-corrected chi connectivity index (χ0v) is 10.2. The van der Waals surface area contributed by atoms with E-state index in [4.69, 9.17) is 0 Å². The maximum absolute atomic E-state index is 11.3. The highest BCUT2D eigenvalue weighted by atomic mass is 16.5. The Kier molecular flexibility index (Phi) is 5.13. The van der Waals surface area contributed by atoms with Crippen molar-refractivity contribution in [1.82, 2.24) is 9.97 Å². The topological polar surface area (TPSA) is 55.3 Å². The Morgan fingerprint density at radius 1 is 1.59 bits per heavy atom. The molecule has 0 aromatic carbocycles. The Bertz CT molecular complexity index is 393. The predicted molar refractivity (Wildman–Crippen MR) is 66.1 cm³/mol. The van der Waals surface area contributed by atoms with Crippen molar-refractivity contribution in [2.75, 3.05) is 25.6 Å². The van der Waals surface area contributed by atoms with Crippen LogP contribution < -0.4 is 4.90 Å². The molecule has 17 heavy (non-hydrogen) atoms. The highest BCUT2D eigenvalue weighted by molar-refractivity contribution is 5.87. The summed E-state index contributed by atoms with van der Waals surface area (Å²) < 4.78 is 4.60.